The van der Waals surface area contributed by atoms with Crippen LogP contribution in [0.15, 0.2) is 48.8 Å². The van der Waals surface area contributed by atoms with Crippen LogP contribution in [0.1, 0.15) is 28.9 Å². The molecule has 2 aliphatic rings. The summed E-state index contributed by atoms with van der Waals surface area (Å²) in [4.78, 5) is 33.9. The first-order valence-corrected chi connectivity index (χ1v) is 10.7. The van der Waals surface area contributed by atoms with E-state index in [1.165, 1.54) is 12.8 Å². The number of ether oxygens (including phenoxy) is 1. The normalized spacial score (nSPS) is 19.6. The first kappa shape index (κ1) is 19.7. The van der Waals surface area contributed by atoms with Crippen LogP contribution in [-0.2, 0) is 16.1 Å². The number of aromatic amines is 1. The number of hydrogen-bond donors (Lipinski definition) is 1. The van der Waals surface area contributed by atoms with Gasteiger partial charge in [-0.15, -0.1) is 0 Å². The molecule has 1 aromatic carbocycles. The lowest BCUT2D eigenvalue weighted by atomic mass is 10.2. The van der Waals surface area contributed by atoms with E-state index in [0.717, 1.165) is 16.5 Å². The molecule has 1 saturated carbocycles. The first-order chi connectivity index (χ1) is 15.2. The lowest BCUT2D eigenvalue weighted by Gasteiger charge is -2.24. The molecule has 31 heavy (non-hydrogen) atoms. The average Bonchev–Trinajstić information content (AvgIpc) is 3.55. The van der Waals surface area contributed by atoms with Gasteiger partial charge in [-0.05, 0) is 36.5 Å². The van der Waals surface area contributed by atoms with Gasteiger partial charge in [0.15, 0.2) is 5.69 Å². The Labute approximate surface area is 180 Å². The number of benzene rings is 1. The van der Waals surface area contributed by atoms with Crippen LogP contribution in [0.5, 0.6) is 0 Å². The highest BCUT2D eigenvalue weighted by Crippen LogP contribution is 2.29. The van der Waals surface area contributed by atoms with Crippen LogP contribution in [0.2, 0.25) is 0 Å². The van der Waals surface area contributed by atoms with Gasteiger partial charge in [0.05, 0.1) is 11.6 Å². The van der Waals surface area contributed by atoms with Gasteiger partial charge in [0.1, 0.15) is 6.54 Å². The number of H-pyrrole nitrogens is 1. The number of nitrogens with one attached hydrogen (secondary N) is 1. The topological polar surface area (TPSA) is 91.4 Å². The van der Waals surface area contributed by atoms with Crippen molar-refractivity contribution in [2.45, 2.75) is 25.5 Å². The number of carbonyl (C=O) groups is 2. The fourth-order valence-electron chi connectivity index (χ4n) is 3.94. The summed E-state index contributed by atoms with van der Waals surface area (Å²) in [6.45, 7) is 1.94. The van der Waals surface area contributed by atoms with Gasteiger partial charge in [-0.1, -0.05) is 24.3 Å². The lowest BCUT2D eigenvalue weighted by Crippen LogP contribution is -2.40. The Bertz CT molecular complexity index is 1080. The number of fused-ring (bicyclic) bond motifs is 1. The molecule has 1 aliphatic carbocycles. The second-order valence-electron chi connectivity index (χ2n) is 8.34. The molecule has 0 unspecified atom stereocenters. The maximum Gasteiger partial charge on any atom is 0.275 e. The molecule has 2 aromatic heterocycles. The van der Waals surface area contributed by atoms with Crippen molar-refractivity contribution >= 4 is 22.7 Å². The van der Waals surface area contributed by atoms with Crippen molar-refractivity contribution < 1.29 is 14.3 Å². The van der Waals surface area contributed by atoms with E-state index in [1.54, 1.807) is 22.2 Å². The van der Waals surface area contributed by atoms with Crippen LogP contribution in [0.4, 0.5) is 0 Å². The third kappa shape index (κ3) is 4.44. The van der Waals surface area contributed by atoms with Crippen molar-refractivity contribution in [3.8, 4) is 0 Å². The van der Waals surface area contributed by atoms with Gasteiger partial charge in [0.2, 0.25) is 5.91 Å². The maximum atomic E-state index is 13.3. The van der Waals surface area contributed by atoms with Crippen LogP contribution < -0.4 is 0 Å². The van der Waals surface area contributed by atoms with Gasteiger partial charge >= 0.3 is 0 Å². The summed E-state index contributed by atoms with van der Waals surface area (Å²) in [6, 6.07) is 11.3. The van der Waals surface area contributed by atoms with Gasteiger partial charge in [-0.3, -0.25) is 19.7 Å². The van der Waals surface area contributed by atoms with Crippen molar-refractivity contribution in [2.24, 2.45) is 5.92 Å². The molecule has 160 valence electrons. The number of nitrogens with zero attached hydrogens (tertiary/aromatic N) is 4. The van der Waals surface area contributed by atoms with E-state index in [0.29, 0.717) is 37.9 Å². The number of amides is 2. The lowest BCUT2D eigenvalue weighted by molar-refractivity contribution is -0.132. The van der Waals surface area contributed by atoms with E-state index in [2.05, 4.69) is 15.2 Å². The number of rotatable bonds is 6. The molecule has 1 atom stereocenters. The summed E-state index contributed by atoms with van der Waals surface area (Å²) < 4.78 is 6.16. The van der Waals surface area contributed by atoms with E-state index < -0.39 is 0 Å². The summed E-state index contributed by atoms with van der Waals surface area (Å²) in [5.74, 6) is 0.244. The minimum absolute atomic E-state index is 0.00354. The fourth-order valence-corrected chi connectivity index (χ4v) is 3.94. The predicted octanol–water partition coefficient (Wildman–Crippen LogP) is 2.24. The van der Waals surface area contributed by atoms with Crippen molar-refractivity contribution in [3.63, 3.8) is 0 Å². The Morgan fingerprint density at radius 1 is 1.16 bits per heavy atom. The minimum atomic E-state index is -0.256. The molecular formula is C23H25N5O3. The molecule has 2 fully saturated rings. The summed E-state index contributed by atoms with van der Waals surface area (Å²) >= 11 is 0. The molecule has 0 spiro atoms. The first-order valence-electron chi connectivity index (χ1n) is 10.7. The monoisotopic (exact) mass is 419 g/mol. The molecule has 1 saturated heterocycles. The summed E-state index contributed by atoms with van der Waals surface area (Å²) in [7, 11) is 0. The van der Waals surface area contributed by atoms with Crippen LogP contribution in [-0.4, -0.2) is 69.1 Å². The Hall–Kier alpha value is -3.26. The van der Waals surface area contributed by atoms with Gasteiger partial charge in [-0.25, -0.2) is 0 Å². The van der Waals surface area contributed by atoms with Crippen LogP contribution >= 0.6 is 0 Å². The number of para-hydroxylation sites is 1. The molecule has 5 rings (SSSR count). The molecule has 1 N–H and O–H groups in total. The molecule has 0 radical (unpaired) electrons. The molecule has 0 bridgehead atoms. The largest absolute Gasteiger partial charge is 0.374 e. The van der Waals surface area contributed by atoms with Crippen molar-refractivity contribution in [1.29, 1.82) is 0 Å². The van der Waals surface area contributed by atoms with E-state index in [4.69, 9.17) is 4.74 Å². The zero-order valence-electron chi connectivity index (χ0n) is 17.2. The summed E-state index contributed by atoms with van der Waals surface area (Å²) in [5.41, 5.74) is 2.09. The van der Waals surface area contributed by atoms with Crippen molar-refractivity contribution in [3.05, 3.63) is 60.0 Å². The molecule has 8 nitrogen and oxygen atoms in total. The standard InChI is InChI=1S/C23H25N5O3/c29-21-14-28(23(30)22-19-5-1-2-6-20(19)25-26-22)13-18(31-15-16-7-8-16)12-27(21)11-17-4-3-9-24-10-17/h1-6,9-10,16,18H,7-8,11-15H2,(H,25,26)/t18-/m1/s1. The second kappa shape index (κ2) is 8.47. The smallest absolute Gasteiger partial charge is 0.275 e. The average molecular weight is 419 g/mol. The zero-order valence-corrected chi connectivity index (χ0v) is 17.2. The summed E-state index contributed by atoms with van der Waals surface area (Å²) in [5, 5.41) is 7.89. The van der Waals surface area contributed by atoms with Crippen molar-refractivity contribution in [1.82, 2.24) is 25.0 Å². The second-order valence-corrected chi connectivity index (χ2v) is 8.34. The molecule has 2 amide bonds. The van der Waals surface area contributed by atoms with E-state index in [9.17, 15) is 9.59 Å². The third-order valence-corrected chi connectivity index (χ3v) is 5.85. The third-order valence-electron chi connectivity index (χ3n) is 5.85. The van der Waals surface area contributed by atoms with Crippen LogP contribution in [0, 0.1) is 5.92 Å². The quantitative estimate of drug-likeness (QED) is 0.662. The number of carbonyl (C=O) groups excluding carboxylic acids is 2. The number of hydrogen-bond acceptors (Lipinski definition) is 5. The molecule has 8 heteroatoms. The number of pyridine rings is 1. The predicted molar refractivity (Wildman–Crippen MR) is 114 cm³/mol. The Kier molecular flexibility index (Phi) is 5.38. The van der Waals surface area contributed by atoms with Gasteiger partial charge in [0, 0.05) is 44.0 Å². The summed E-state index contributed by atoms with van der Waals surface area (Å²) in [6.07, 6.45) is 5.61. The molecular weight excluding hydrogens is 394 g/mol. The van der Waals surface area contributed by atoms with Crippen LogP contribution in [0.25, 0.3) is 10.9 Å². The minimum Gasteiger partial charge on any atom is -0.374 e. The molecule has 3 heterocycles. The number of aromatic nitrogens is 3. The zero-order chi connectivity index (χ0) is 21.2. The molecule has 1 aliphatic heterocycles. The van der Waals surface area contributed by atoms with Gasteiger partial charge < -0.3 is 14.5 Å². The Morgan fingerprint density at radius 2 is 2.03 bits per heavy atom. The highest BCUT2D eigenvalue weighted by atomic mass is 16.5. The van der Waals surface area contributed by atoms with Crippen molar-refractivity contribution in [2.75, 3.05) is 26.2 Å². The van der Waals surface area contributed by atoms with Gasteiger partial charge in [-0.2, -0.15) is 5.10 Å². The fraction of sp³-hybridized carbons (Fsp3) is 0.391. The molecule has 3 aromatic rings. The maximum absolute atomic E-state index is 13.3. The Morgan fingerprint density at radius 3 is 2.84 bits per heavy atom. The van der Waals surface area contributed by atoms with E-state index in [-0.39, 0.29) is 24.5 Å². The Balaban J connectivity index is 1.38. The highest BCUT2D eigenvalue weighted by Gasteiger charge is 2.34. The highest BCUT2D eigenvalue weighted by molar-refractivity contribution is 6.05. The van der Waals surface area contributed by atoms with Gasteiger partial charge in [0.25, 0.3) is 5.91 Å². The van der Waals surface area contributed by atoms with E-state index >= 15 is 0 Å². The van der Waals surface area contributed by atoms with Crippen LogP contribution in [0.3, 0.4) is 0 Å². The SMILES string of the molecule is O=C1CN(C(=O)c2n[nH]c3ccccc23)C[C@H](OCC2CC2)CN1Cc1cccnc1. The van der Waals surface area contributed by atoms with E-state index in [1.807, 2.05) is 36.4 Å².